The Hall–Kier alpha value is -0.280. The number of ketones is 1. The molecule has 0 heterocycles. The minimum atomic E-state index is -0.304. The number of hydrogen-bond acceptors (Lipinski definition) is 2. The maximum absolute atomic E-state index is 11.0. The van der Waals surface area contributed by atoms with Crippen LogP contribution in [0.5, 0.6) is 0 Å². The van der Waals surface area contributed by atoms with E-state index in [2.05, 4.69) is 0 Å². The van der Waals surface area contributed by atoms with Gasteiger partial charge in [0.15, 0.2) is 5.78 Å². The average molecular weight is 205 g/mol. The van der Waals surface area contributed by atoms with Crippen molar-refractivity contribution in [2.75, 3.05) is 0 Å². The Labute approximate surface area is 104 Å². The number of carbonyl (C=O) groups is 1. The molecular weight excluding hydrogens is 199 g/mol. The predicted molar refractivity (Wildman–Crippen MR) is 44.9 cm³/mol. The van der Waals surface area contributed by atoms with Crippen LogP contribution in [0, 0.1) is 0 Å². The number of carbonyl (C=O) groups excluding carboxylic acids is 1. The van der Waals surface area contributed by atoms with Gasteiger partial charge >= 0.3 is 29.6 Å². The van der Waals surface area contributed by atoms with Crippen LogP contribution in [-0.2, 0) is 0 Å². The second-order valence-corrected chi connectivity index (χ2v) is 2.61. The SMILES string of the molecule is O=C(/C=C/[O-])c1ccc(Cl)cc1.[Na+]. The maximum atomic E-state index is 11.0. The second-order valence-electron chi connectivity index (χ2n) is 2.17. The van der Waals surface area contributed by atoms with Crippen molar-refractivity contribution in [3.05, 3.63) is 47.2 Å². The van der Waals surface area contributed by atoms with Crippen molar-refractivity contribution in [2.24, 2.45) is 0 Å². The third-order valence-corrected chi connectivity index (χ3v) is 1.60. The molecule has 0 spiro atoms. The molecule has 0 radical (unpaired) electrons. The van der Waals surface area contributed by atoms with E-state index in [4.69, 9.17) is 11.6 Å². The summed E-state index contributed by atoms with van der Waals surface area (Å²) in [5.74, 6) is -0.304. The summed E-state index contributed by atoms with van der Waals surface area (Å²) >= 11 is 5.60. The molecule has 62 valence electrons. The first-order valence-corrected chi connectivity index (χ1v) is 3.70. The van der Waals surface area contributed by atoms with Crippen molar-refractivity contribution in [3.63, 3.8) is 0 Å². The zero-order valence-electron chi connectivity index (χ0n) is 7.16. The van der Waals surface area contributed by atoms with Gasteiger partial charge in [-0.15, -0.1) is 6.26 Å². The van der Waals surface area contributed by atoms with Gasteiger partial charge in [-0.2, -0.15) is 0 Å². The van der Waals surface area contributed by atoms with E-state index >= 15 is 0 Å². The van der Waals surface area contributed by atoms with E-state index in [1.807, 2.05) is 0 Å². The molecule has 0 atom stereocenters. The molecule has 13 heavy (non-hydrogen) atoms. The quantitative estimate of drug-likeness (QED) is 0.252. The van der Waals surface area contributed by atoms with Gasteiger partial charge in [0.25, 0.3) is 0 Å². The zero-order valence-corrected chi connectivity index (χ0v) is 9.91. The van der Waals surface area contributed by atoms with Gasteiger partial charge in [0.05, 0.1) is 0 Å². The third kappa shape index (κ3) is 3.96. The van der Waals surface area contributed by atoms with Crippen LogP contribution in [0.1, 0.15) is 10.4 Å². The van der Waals surface area contributed by atoms with Crippen molar-refractivity contribution in [3.8, 4) is 0 Å². The first kappa shape index (κ1) is 12.7. The Balaban J connectivity index is 0.00000144. The van der Waals surface area contributed by atoms with Crippen molar-refractivity contribution in [1.82, 2.24) is 0 Å². The van der Waals surface area contributed by atoms with E-state index in [1.54, 1.807) is 24.3 Å². The monoisotopic (exact) mass is 204 g/mol. The molecule has 0 bridgehead atoms. The molecule has 1 aromatic carbocycles. The van der Waals surface area contributed by atoms with Gasteiger partial charge in [-0.05, 0) is 30.3 Å². The van der Waals surface area contributed by atoms with Crippen molar-refractivity contribution in [1.29, 1.82) is 0 Å². The molecule has 0 aliphatic rings. The summed E-state index contributed by atoms with van der Waals surface area (Å²) in [6.45, 7) is 0. The second kappa shape index (κ2) is 6.22. The summed E-state index contributed by atoms with van der Waals surface area (Å²) in [5, 5.41) is 10.5. The Kier molecular flexibility index (Phi) is 6.08. The number of benzene rings is 1. The molecule has 0 saturated carbocycles. The van der Waals surface area contributed by atoms with Crippen LogP contribution in [0.2, 0.25) is 5.02 Å². The van der Waals surface area contributed by atoms with Crippen LogP contribution < -0.4 is 34.7 Å². The molecule has 1 aromatic rings. The summed E-state index contributed by atoms with van der Waals surface area (Å²) < 4.78 is 0. The molecule has 2 nitrogen and oxygen atoms in total. The minimum absolute atomic E-state index is 0. The minimum Gasteiger partial charge on any atom is -0.878 e. The maximum Gasteiger partial charge on any atom is 1.00 e. The van der Waals surface area contributed by atoms with Gasteiger partial charge in [0.1, 0.15) is 0 Å². The summed E-state index contributed by atoms with van der Waals surface area (Å²) in [7, 11) is 0. The van der Waals surface area contributed by atoms with Crippen LogP contribution in [0.25, 0.3) is 0 Å². The smallest absolute Gasteiger partial charge is 0.878 e. The summed E-state index contributed by atoms with van der Waals surface area (Å²) in [5.41, 5.74) is 0.464. The van der Waals surface area contributed by atoms with E-state index in [-0.39, 0.29) is 35.3 Å². The van der Waals surface area contributed by atoms with E-state index < -0.39 is 0 Å². The fourth-order valence-electron chi connectivity index (χ4n) is 0.772. The number of hydrogen-bond donors (Lipinski definition) is 0. The summed E-state index contributed by atoms with van der Waals surface area (Å²) in [4.78, 5) is 11.0. The van der Waals surface area contributed by atoms with Gasteiger partial charge in [0, 0.05) is 10.6 Å². The molecule has 0 fully saturated rings. The van der Waals surface area contributed by atoms with Crippen LogP contribution in [0.4, 0.5) is 0 Å². The first-order chi connectivity index (χ1) is 5.74. The Morgan fingerprint density at radius 1 is 1.31 bits per heavy atom. The summed E-state index contributed by atoms with van der Waals surface area (Å²) in [6.07, 6.45) is 1.44. The van der Waals surface area contributed by atoms with E-state index in [0.29, 0.717) is 16.8 Å². The Morgan fingerprint density at radius 3 is 2.31 bits per heavy atom. The number of halogens is 1. The molecule has 0 aromatic heterocycles. The normalized spacial score (nSPS) is 9.62. The molecule has 0 aliphatic heterocycles. The first-order valence-electron chi connectivity index (χ1n) is 3.32. The molecule has 0 unspecified atom stereocenters. The number of allylic oxidation sites excluding steroid dienone is 1. The number of rotatable bonds is 2. The van der Waals surface area contributed by atoms with E-state index in [0.717, 1.165) is 6.08 Å². The molecular formula is C9H6ClNaO2. The third-order valence-electron chi connectivity index (χ3n) is 1.35. The molecule has 0 aliphatic carbocycles. The van der Waals surface area contributed by atoms with E-state index in [1.165, 1.54) is 0 Å². The van der Waals surface area contributed by atoms with Gasteiger partial charge in [-0.25, -0.2) is 0 Å². The largest absolute Gasteiger partial charge is 1.00 e. The fourth-order valence-corrected chi connectivity index (χ4v) is 0.898. The van der Waals surface area contributed by atoms with Crippen LogP contribution >= 0.6 is 11.6 Å². The zero-order chi connectivity index (χ0) is 8.97. The molecule has 4 heteroatoms. The van der Waals surface area contributed by atoms with Gasteiger partial charge < -0.3 is 5.11 Å². The van der Waals surface area contributed by atoms with Crippen LogP contribution in [0.3, 0.4) is 0 Å². The van der Waals surface area contributed by atoms with E-state index in [9.17, 15) is 9.90 Å². The Morgan fingerprint density at radius 2 is 1.85 bits per heavy atom. The van der Waals surface area contributed by atoms with Crippen LogP contribution in [0.15, 0.2) is 36.6 Å². The molecule has 0 N–H and O–H groups in total. The van der Waals surface area contributed by atoms with Gasteiger partial charge in [-0.3, -0.25) is 4.79 Å². The average Bonchev–Trinajstić information content (AvgIpc) is 2.06. The predicted octanol–water partition coefficient (Wildman–Crippen LogP) is -1.60. The van der Waals surface area contributed by atoms with Gasteiger partial charge in [0.2, 0.25) is 0 Å². The fraction of sp³-hybridized carbons (Fsp3) is 0. The molecule has 1 rings (SSSR count). The van der Waals surface area contributed by atoms with Crippen molar-refractivity contribution >= 4 is 17.4 Å². The topological polar surface area (TPSA) is 40.1 Å². The van der Waals surface area contributed by atoms with Gasteiger partial charge in [-0.1, -0.05) is 11.6 Å². The molecule has 0 amide bonds. The van der Waals surface area contributed by atoms with Crippen molar-refractivity contribution in [2.45, 2.75) is 0 Å². The molecule has 0 saturated heterocycles. The summed E-state index contributed by atoms with van der Waals surface area (Å²) in [6, 6.07) is 6.36. The Bertz CT molecular complexity index is 306. The van der Waals surface area contributed by atoms with Crippen LogP contribution in [-0.4, -0.2) is 5.78 Å². The standard InChI is InChI=1S/C9H7ClO2.Na/c10-8-3-1-7(2-4-8)9(12)5-6-11;/h1-6,11H;/q;+1/p-1/b6-5+;. The van der Waals surface area contributed by atoms with Crippen molar-refractivity contribution < 1.29 is 39.5 Å².